The molecule has 0 aliphatic carbocycles. The Bertz CT molecular complexity index is 766. The molecule has 0 amide bonds. The fraction of sp³-hybridized carbons (Fsp3) is 0.333. The van der Waals surface area contributed by atoms with Gasteiger partial charge < -0.3 is 0 Å². The second-order valence-electron chi connectivity index (χ2n) is 5.95. The molecule has 2 aromatic carbocycles. The van der Waals surface area contributed by atoms with Gasteiger partial charge in [0.2, 0.25) is 10.0 Å². The summed E-state index contributed by atoms with van der Waals surface area (Å²) in [5.41, 5.74) is 3.08. The zero-order chi connectivity index (χ0) is 15.7. The van der Waals surface area contributed by atoms with Gasteiger partial charge in [-0.25, -0.2) is 8.42 Å². The number of sulfonamides is 1. The molecule has 3 nitrogen and oxygen atoms in total. The number of nitrogens with zero attached hydrogens (tertiary/aromatic N) is 1. The Morgan fingerprint density at radius 3 is 2.36 bits per heavy atom. The molecule has 1 atom stereocenters. The lowest BCUT2D eigenvalue weighted by atomic mass is 10.0. The van der Waals surface area contributed by atoms with Crippen molar-refractivity contribution in [1.29, 1.82) is 0 Å². The van der Waals surface area contributed by atoms with E-state index in [1.807, 2.05) is 50.2 Å². The van der Waals surface area contributed by atoms with Gasteiger partial charge in [-0.05, 0) is 43.9 Å². The van der Waals surface area contributed by atoms with Gasteiger partial charge in [0.05, 0.1) is 10.9 Å². The molecule has 1 aliphatic heterocycles. The molecule has 4 heteroatoms. The van der Waals surface area contributed by atoms with Crippen molar-refractivity contribution < 1.29 is 8.42 Å². The van der Waals surface area contributed by atoms with E-state index in [0.29, 0.717) is 11.4 Å². The molecular weight excluding hydrogens is 294 g/mol. The van der Waals surface area contributed by atoms with Crippen LogP contribution in [0, 0.1) is 13.8 Å². The van der Waals surface area contributed by atoms with Crippen molar-refractivity contribution in [1.82, 2.24) is 4.31 Å². The molecule has 0 unspecified atom stereocenters. The Balaban J connectivity index is 1.99. The van der Waals surface area contributed by atoms with E-state index in [9.17, 15) is 8.42 Å². The Labute approximate surface area is 132 Å². The van der Waals surface area contributed by atoms with Crippen LogP contribution in [0.2, 0.25) is 0 Å². The Morgan fingerprint density at radius 1 is 1.00 bits per heavy atom. The Morgan fingerprint density at radius 2 is 1.68 bits per heavy atom. The van der Waals surface area contributed by atoms with E-state index in [4.69, 9.17) is 0 Å². The first-order valence-electron chi connectivity index (χ1n) is 7.64. The third-order valence-electron chi connectivity index (χ3n) is 4.35. The number of benzene rings is 2. The van der Waals surface area contributed by atoms with Crippen molar-refractivity contribution in [3.05, 3.63) is 65.2 Å². The fourth-order valence-corrected chi connectivity index (χ4v) is 5.03. The molecule has 1 aliphatic rings. The molecule has 1 heterocycles. The van der Waals surface area contributed by atoms with Gasteiger partial charge in [-0.2, -0.15) is 4.31 Å². The average Bonchev–Trinajstić information content (AvgIpc) is 2.98. The van der Waals surface area contributed by atoms with Crippen molar-refractivity contribution in [3.8, 4) is 0 Å². The van der Waals surface area contributed by atoms with E-state index >= 15 is 0 Å². The summed E-state index contributed by atoms with van der Waals surface area (Å²) in [6, 6.07) is 15.4. The minimum Gasteiger partial charge on any atom is -0.207 e. The van der Waals surface area contributed by atoms with Crippen molar-refractivity contribution >= 4 is 10.0 Å². The third kappa shape index (κ3) is 2.69. The van der Waals surface area contributed by atoms with Crippen LogP contribution in [-0.2, 0) is 10.0 Å². The second-order valence-corrected chi connectivity index (χ2v) is 7.81. The number of aryl methyl sites for hydroxylation is 2. The maximum Gasteiger partial charge on any atom is 0.243 e. The highest BCUT2D eigenvalue weighted by Gasteiger charge is 2.36. The maximum absolute atomic E-state index is 13.0. The SMILES string of the molecule is Cc1ccc([C@@H]2CCCN2S(=O)(=O)c2ccccc2C)cc1. The van der Waals surface area contributed by atoms with E-state index < -0.39 is 10.0 Å². The molecule has 0 radical (unpaired) electrons. The average molecular weight is 315 g/mol. The first-order chi connectivity index (χ1) is 10.5. The normalized spacial score (nSPS) is 19.5. The Kier molecular flexibility index (Phi) is 4.06. The van der Waals surface area contributed by atoms with Crippen LogP contribution < -0.4 is 0 Å². The van der Waals surface area contributed by atoms with Crippen LogP contribution in [0.25, 0.3) is 0 Å². The minimum atomic E-state index is -3.44. The van der Waals surface area contributed by atoms with Crippen molar-refractivity contribution in [2.45, 2.75) is 37.6 Å². The summed E-state index contributed by atoms with van der Waals surface area (Å²) in [5.74, 6) is 0. The largest absolute Gasteiger partial charge is 0.243 e. The predicted octanol–water partition coefficient (Wildman–Crippen LogP) is 3.83. The van der Waals surface area contributed by atoms with Gasteiger partial charge in [0.1, 0.15) is 0 Å². The molecule has 0 spiro atoms. The molecule has 2 aromatic rings. The highest BCUT2D eigenvalue weighted by Crippen LogP contribution is 2.37. The summed E-state index contributed by atoms with van der Waals surface area (Å²) < 4.78 is 27.7. The monoisotopic (exact) mass is 315 g/mol. The molecule has 1 fully saturated rings. The summed E-state index contributed by atoms with van der Waals surface area (Å²) in [5, 5.41) is 0. The van der Waals surface area contributed by atoms with E-state index in [2.05, 4.69) is 0 Å². The standard InChI is InChI=1S/C18H21NO2S/c1-14-9-11-16(12-10-14)17-7-5-13-19(17)22(20,21)18-8-4-3-6-15(18)2/h3-4,6,8-12,17H,5,7,13H2,1-2H3/t17-/m0/s1. The summed E-state index contributed by atoms with van der Waals surface area (Å²) in [4.78, 5) is 0.425. The van der Waals surface area contributed by atoms with E-state index in [1.54, 1.807) is 16.4 Å². The Hall–Kier alpha value is -1.65. The topological polar surface area (TPSA) is 37.4 Å². The van der Waals surface area contributed by atoms with E-state index in [-0.39, 0.29) is 6.04 Å². The van der Waals surface area contributed by atoms with Gasteiger partial charge in [0.25, 0.3) is 0 Å². The van der Waals surface area contributed by atoms with Crippen LogP contribution in [0.1, 0.15) is 35.6 Å². The maximum atomic E-state index is 13.0. The summed E-state index contributed by atoms with van der Waals surface area (Å²) in [6.45, 7) is 4.49. The molecular formula is C18H21NO2S. The van der Waals surface area contributed by atoms with Gasteiger partial charge in [-0.1, -0.05) is 48.0 Å². The number of rotatable bonds is 3. The zero-order valence-electron chi connectivity index (χ0n) is 13.0. The molecule has 0 aromatic heterocycles. The van der Waals surface area contributed by atoms with Gasteiger partial charge >= 0.3 is 0 Å². The minimum absolute atomic E-state index is 0.0507. The van der Waals surface area contributed by atoms with Crippen LogP contribution in [0.15, 0.2) is 53.4 Å². The van der Waals surface area contributed by atoms with Gasteiger partial charge in [0, 0.05) is 6.54 Å². The molecule has 116 valence electrons. The first-order valence-corrected chi connectivity index (χ1v) is 9.08. The molecule has 22 heavy (non-hydrogen) atoms. The van der Waals surface area contributed by atoms with Crippen LogP contribution >= 0.6 is 0 Å². The van der Waals surface area contributed by atoms with Gasteiger partial charge in [-0.3, -0.25) is 0 Å². The number of hydrogen-bond donors (Lipinski definition) is 0. The number of hydrogen-bond acceptors (Lipinski definition) is 2. The van der Waals surface area contributed by atoms with Crippen LogP contribution in [0.5, 0.6) is 0 Å². The molecule has 0 bridgehead atoms. The summed E-state index contributed by atoms with van der Waals surface area (Å²) in [7, 11) is -3.44. The fourth-order valence-electron chi connectivity index (χ4n) is 3.12. The molecule has 0 N–H and O–H groups in total. The van der Waals surface area contributed by atoms with Crippen molar-refractivity contribution in [3.63, 3.8) is 0 Å². The quantitative estimate of drug-likeness (QED) is 0.863. The molecule has 1 saturated heterocycles. The van der Waals surface area contributed by atoms with Crippen LogP contribution in [0.4, 0.5) is 0 Å². The first kappa shape index (κ1) is 15.3. The van der Waals surface area contributed by atoms with Crippen molar-refractivity contribution in [2.24, 2.45) is 0 Å². The highest BCUT2D eigenvalue weighted by atomic mass is 32.2. The highest BCUT2D eigenvalue weighted by molar-refractivity contribution is 7.89. The van der Waals surface area contributed by atoms with E-state index in [0.717, 1.165) is 24.0 Å². The van der Waals surface area contributed by atoms with E-state index in [1.165, 1.54) is 5.56 Å². The third-order valence-corrected chi connectivity index (χ3v) is 6.41. The lowest BCUT2D eigenvalue weighted by Crippen LogP contribution is -2.31. The van der Waals surface area contributed by atoms with Crippen LogP contribution in [0.3, 0.4) is 0 Å². The summed E-state index contributed by atoms with van der Waals surface area (Å²) in [6.07, 6.45) is 1.79. The predicted molar refractivity (Wildman–Crippen MR) is 88.2 cm³/mol. The summed E-state index contributed by atoms with van der Waals surface area (Å²) >= 11 is 0. The lowest BCUT2D eigenvalue weighted by molar-refractivity contribution is 0.396. The zero-order valence-corrected chi connectivity index (χ0v) is 13.8. The van der Waals surface area contributed by atoms with Crippen LogP contribution in [-0.4, -0.2) is 19.3 Å². The smallest absolute Gasteiger partial charge is 0.207 e. The lowest BCUT2D eigenvalue weighted by Gasteiger charge is -2.25. The molecule has 3 rings (SSSR count). The van der Waals surface area contributed by atoms with Crippen molar-refractivity contribution in [2.75, 3.05) is 6.54 Å². The van der Waals surface area contributed by atoms with Gasteiger partial charge in [-0.15, -0.1) is 0 Å². The molecule has 0 saturated carbocycles. The van der Waals surface area contributed by atoms with Gasteiger partial charge in [0.15, 0.2) is 0 Å². The second kappa shape index (κ2) is 5.86.